The summed E-state index contributed by atoms with van der Waals surface area (Å²) in [7, 11) is 0. The summed E-state index contributed by atoms with van der Waals surface area (Å²) < 4.78 is 0. The van der Waals surface area contributed by atoms with Crippen LogP contribution >= 0.6 is 0 Å². The lowest BCUT2D eigenvalue weighted by Crippen LogP contribution is -2.39. The molecule has 0 bridgehead atoms. The van der Waals surface area contributed by atoms with Gasteiger partial charge in [-0.2, -0.15) is 0 Å². The minimum absolute atomic E-state index is 0.602. The van der Waals surface area contributed by atoms with Crippen LogP contribution in [0.2, 0.25) is 0 Å². The van der Waals surface area contributed by atoms with Crippen molar-refractivity contribution in [1.82, 2.24) is 4.90 Å². The van der Waals surface area contributed by atoms with Crippen LogP contribution < -0.4 is 0 Å². The Kier molecular flexibility index (Phi) is 5.59. The maximum absolute atomic E-state index is 2.64. The second-order valence-corrected chi connectivity index (χ2v) is 10.7. The van der Waals surface area contributed by atoms with E-state index in [-0.39, 0.29) is 0 Å². The van der Waals surface area contributed by atoms with E-state index >= 15 is 0 Å². The average molecular weight is 468 g/mol. The second kappa shape index (κ2) is 9.22. The van der Waals surface area contributed by atoms with E-state index in [1.165, 1.54) is 77.7 Å². The zero-order chi connectivity index (χ0) is 23.9. The van der Waals surface area contributed by atoms with Crippen molar-refractivity contribution in [2.24, 2.45) is 0 Å². The van der Waals surface area contributed by atoms with Crippen LogP contribution in [-0.4, -0.2) is 11.4 Å². The highest BCUT2D eigenvalue weighted by Gasteiger charge is 2.31. The lowest BCUT2D eigenvalue weighted by atomic mass is 9.84. The molecule has 5 aromatic carbocycles. The molecule has 1 nitrogen and oxygen atoms in total. The third-order valence-electron chi connectivity index (χ3n) is 8.69. The van der Waals surface area contributed by atoms with Crippen molar-refractivity contribution in [3.63, 3.8) is 0 Å². The number of nitrogens with zero attached hydrogens (tertiary/aromatic N) is 1. The molecular weight excluding hydrogens is 434 g/mol. The summed E-state index contributed by atoms with van der Waals surface area (Å²) in [4.78, 5) is 2.64. The van der Waals surface area contributed by atoms with Crippen LogP contribution in [0, 0.1) is 0 Å². The normalized spacial score (nSPS) is 18.4. The number of fused-ring (bicyclic) bond motifs is 9. The molecule has 0 aromatic heterocycles. The number of hydrogen-bond acceptors (Lipinski definition) is 1. The van der Waals surface area contributed by atoms with Crippen molar-refractivity contribution >= 4 is 21.5 Å². The maximum atomic E-state index is 2.64. The van der Waals surface area contributed by atoms with Crippen molar-refractivity contribution < 1.29 is 0 Å². The van der Waals surface area contributed by atoms with Gasteiger partial charge in [0, 0.05) is 19.1 Å². The van der Waals surface area contributed by atoms with Crippen molar-refractivity contribution in [1.29, 1.82) is 0 Å². The van der Waals surface area contributed by atoms with Gasteiger partial charge in [-0.1, -0.05) is 97.1 Å². The largest absolute Gasteiger partial charge is 0.291 e. The molecule has 1 aliphatic carbocycles. The van der Waals surface area contributed by atoms with Gasteiger partial charge in [0.05, 0.1) is 0 Å². The topological polar surface area (TPSA) is 3.24 Å². The standard InChI is InChI=1S/C18H16.C17H17N/c1-3-7-15-13(5-1)9-11-18-16-8-4-2-6-14(16)10-12-17(15)18;1-2-7-15-12-18-10-9-13-5-3-4-8-16(13)17(18)11-14(15)6-1/h1,3,5,7,9-12H,2,4,6,8H2;1-8,17H,9-12H2. The molecule has 0 spiro atoms. The first-order chi connectivity index (χ1) is 17.8. The Labute approximate surface area is 214 Å². The molecule has 1 atom stereocenters. The quantitative estimate of drug-likeness (QED) is 0.207. The van der Waals surface area contributed by atoms with Gasteiger partial charge in [-0.3, -0.25) is 4.90 Å². The van der Waals surface area contributed by atoms with Crippen molar-refractivity contribution in [3.05, 3.63) is 130 Å². The zero-order valence-corrected chi connectivity index (χ0v) is 20.9. The molecule has 0 amide bonds. The monoisotopic (exact) mass is 467 g/mol. The predicted octanol–water partition coefficient (Wildman–Crippen LogP) is 8.21. The highest BCUT2D eigenvalue weighted by Crippen LogP contribution is 2.38. The zero-order valence-electron chi connectivity index (χ0n) is 20.9. The number of hydrogen-bond donors (Lipinski definition) is 0. The first kappa shape index (κ1) is 21.8. The van der Waals surface area contributed by atoms with Crippen molar-refractivity contribution in [3.8, 4) is 0 Å². The SMILES string of the molecule is c1ccc2c(c1)CC1c3ccccc3CCN1C2.c1ccc2c(c1)ccc1c3c(ccc12)CCCC3. The molecule has 8 rings (SSSR count). The summed E-state index contributed by atoms with van der Waals surface area (Å²) in [5.74, 6) is 0. The van der Waals surface area contributed by atoms with Gasteiger partial charge in [0.2, 0.25) is 0 Å². The molecule has 2 heterocycles. The molecule has 1 unspecified atom stereocenters. The minimum atomic E-state index is 0.602. The third kappa shape index (κ3) is 3.83. The Morgan fingerprint density at radius 1 is 0.528 bits per heavy atom. The van der Waals surface area contributed by atoms with Crippen LogP contribution in [0.5, 0.6) is 0 Å². The predicted molar refractivity (Wildman–Crippen MR) is 152 cm³/mol. The van der Waals surface area contributed by atoms with E-state index in [4.69, 9.17) is 0 Å². The summed E-state index contributed by atoms with van der Waals surface area (Å²) in [5.41, 5.74) is 9.34. The summed E-state index contributed by atoms with van der Waals surface area (Å²) in [6.45, 7) is 2.32. The second-order valence-electron chi connectivity index (χ2n) is 10.7. The molecule has 178 valence electrons. The Hall–Kier alpha value is -3.42. The van der Waals surface area contributed by atoms with E-state index in [2.05, 4.69) is 102 Å². The van der Waals surface area contributed by atoms with Gasteiger partial charge in [0.1, 0.15) is 0 Å². The van der Waals surface area contributed by atoms with Gasteiger partial charge in [-0.15, -0.1) is 0 Å². The van der Waals surface area contributed by atoms with Crippen molar-refractivity contribution in [2.75, 3.05) is 6.54 Å². The lowest BCUT2D eigenvalue weighted by molar-refractivity contribution is 0.161. The number of aryl methyl sites for hydroxylation is 2. The van der Waals surface area contributed by atoms with Crippen LogP contribution in [0.15, 0.2) is 97.1 Å². The van der Waals surface area contributed by atoms with Crippen molar-refractivity contribution in [2.45, 2.75) is 51.1 Å². The van der Waals surface area contributed by atoms with Crippen LogP contribution in [-0.2, 0) is 32.2 Å². The molecule has 2 aliphatic heterocycles. The molecular formula is C35H33N. The summed E-state index contributed by atoms with van der Waals surface area (Å²) in [5, 5.41) is 5.64. The van der Waals surface area contributed by atoms with Crippen LogP contribution in [0.4, 0.5) is 0 Å². The van der Waals surface area contributed by atoms with Crippen LogP contribution in [0.25, 0.3) is 21.5 Å². The van der Waals surface area contributed by atoms with Gasteiger partial charge >= 0.3 is 0 Å². The van der Waals surface area contributed by atoms with Gasteiger partial charge in [-0.05, 0) is 93.5 Å². The molecule has 0 saturated heterocycles. The highest BCUT2D eigenvalue weighted by atomic mass is 15.2. The Morgan fingerprint density at radius 3 is 2.22 bits per heavy atom. The van der Waals surface area contributed by atoms with E-state index in [1.54, 1.807) is 22.3 Å². The molecule has 36 heavy (non-hydrogen) atoms. The molecule has 0 fully saturated rings. The fourth-order valence-corrected chi connectivity index (χ4v) is 6.81. The molecule has 1 heteroatoms. The average Bonchev–Trinajstić information content (AvgIpc) is 2.96. The summed E-state index contributed by atoms with van der Waals surface area (Å²) >= 11 is 0. The molecule has 0 N–H and O–H groups in total. The maximum Gasteiger partial charge on any atom is 0.0394 e. The van der Waals surface area contributed by atoms with Gasteiger partial charge in [0.15, 0.2) is 0 Å². The third-order valence-corrected chi connectivity index (χ3v) is 8.69. The van der Waals surface area contributed by atoms with Crippen LogP contribution in [0.3, 0.4) is 0 Å². The van der Waals surface area contributed by atoms with Crippen LogP contribution in [0.1, 0.15) is 52.3 Å². The van der Waals surface area contributed by atoms with E-state index < -0.39 is 0 Å². The minimum Gasteiger partial charge on any atom is -0.291 e. The van der Waals surface area contributed by atoms with E-state index in [0.29, 0.717) is 6.04 Å². The summed E-state index contributed by atoms with van der Waals surface area (Å²) in [6.07, 6.45) is 7.59. The molecule has 3 aliphatic rings. The first-order valence-corrected chi connectivity index (χ1v) is 13.7. The summed E-state index contributed by atoms with van der Waals surface area (Å²) in [6, 6.07) is 36.5. The van der Waals surface area contributed by atoms with E-state index in [1.807, 2.05) is 0 Å². The Balaban J connectivity index is 0.000000122. The van der Waals surface area contributed by atoms with E-state index in [0.717, 1.165) is 6.54 Å². The van der Waals surface area contributed by atoms with Gasteiger partial charge in [-0.25, -0.2) is 0 Å². The van der Waals surface area contributed by atoms with E-state index in [9.17, 15) is 0 Å². The first-order valence-electron chi connectivity index (χ1n) is 13.7. The molecule has 0 radical (unpaired) electrons. The smallest absolute Gasteiger partial charge is 0.0394 e. The Bertz CT molecular complexity index is 1560. The molecule has 5 aromatic rings. The van der Waals surface area contributed by atoms with Gasteiger partial charge < -0.3 is 0 Å². The fraction of sp³-hybridized carbons (Fsp3) is 0.257. The van der Waals surface area contributed by atoms with Gasteiger partial charge in [0.25, 0.3) is 0 Å². The number of benzene rings is 5. The molecule has 0 saturated carbocycles. The number of rotatable bonds is 0. The highest BCUT2D eigenvalue weighted by molar-refractivity contribution is 6.08. The lowest BCUT2D eigenvalue weighted by Gasteiger charge is -2.41. The fourth-order valence-electron chi connectivity index (χ4n) is 6.81. The Morgan fingerprint density at radius 2 is 1.28 bits per heavy atom.